The Morgan fingerprint density at radius 2 is 2.35 bits per heavy atom. The first-order chi connectivity index (χ1) is 8.07. The Bertz CT molecular complexity index is 396. The van der Waals surface area contributed by atoms with Crippen molar-refractivity contribution in [1.82, 2.24) is 4.98 Å². The number of aromatic carboxylic acids is 1. The van der Waals surface area contributed by atoms with E-state index >= 15 is 0 Å². The van der Waals surface area contributed by atoms with E-state index in [9.17, 15) is 4.79 Å². The largest absolute Gasteiger partial charge is 0.478 e. The Balaban J connectivity index is 2.83. The number of methoxy groups -OCH3 is 1. The molecule has 0 unspecified atom stereocenters. The second-order valence-corrected chi connectivity index (χ2v) is 3.67. The molecule has 0 aromatic carbocycles. The van der Waals surface area contributed by atoms with Crippen LogP contribution in [-0.4, -0.2) is 43.4 Å². The molecule has 0 spiro atoms. The lowest BCUT2D eigenvalue weighted by Gasteiger charge is -2.20. The fourth-order valence-electron chi connectivity index (χ4n) is 1.50. The number of rotatable bonds is 6. The van der Waals surface area contributed by atoms with Gasteiger partial charge >= 0.3 is 5.97 Å². The topological polar surface area (TPSA) is 88.7 Å². The molecule has 6 heteroatoms. The highest BCUT2D eigenvalue weighted by molar-refractivity contribution is 5.96. The predicted molar refractivity (Wildman–Crippen MR) is 65.4 cm³/mol. The van der Waals surface area contributed by atoms with Crippen LogP contribution in [0.25, 0.3) is 0 Å². The van der Waals surface area contributed by atoms with Crippen molar-refractivity contribution in [3.8, 4) is 0 Å². The average Bonchev–Trinajstić information content (AvgIpc) is 2.29. The van der Waals surface area contributed by atoms with Gasteiger partial charge in [-0.15, -0.1) is 0 Å². The van der Waals surface area contributed by atoms with E-state index in [1.165, 1.54) is 12.3 Å². The molecule has 1 aromatic heterocycles. The molecular weight excluding hydrogens is 222 g/mol. The van der Waals surface area contributed by atoms with Gasteiger partial charge in [0.05, 0.1) is 11.3 Å². The van der Waals surface area contributed by atoms with Gasteiger partial charge < -0.3 is 20.5 Å². The molecule has 6 nitrogen and oxygen atoms in total. The molecular formula is C11H17N3O3. The molecule has 0 fully saturated rings. The summed E-state index contributed by atoms with van der Waals surface area (Å²) < 4.78 is 4.95. The van der Waals surface area contributed by atoms with Crippen molar-refractivity contribution in [2.75, 3.05) is 37.9 Å². The zero-order valence-electron chi connectivity index (χ0n) is 10.0. The van der Waals surface area contributed by atoms with Crippen molar-refractivity contribution in [1.29, 1.82) is 0 Å². The molecule has 0 atom stereocenters. The number of hydrogen-bond donors (Lipinski definition) is 2. The van der Waals surface area contributed by atoms with Crippen LogP contribution in [0.3, 0.4) is 0 Å². The Labute approximate surface area is 100 Å². The maximum atomic E-state index is 10.9. The van der Waals surface area contributed by atoms with Gasteiger partial charge in [0, 0.05) is 33.5 Å². The van der Waals surface area contributed by atoms with Crippen LogP contribution >= 0.6 is 0 Å². The third kappa shape index (κ3) is 3.32. The molecule has 1 heterocycles. The summed E-state index contributed by atoms with van der Waals surface area (Å²) >= 11 is 0. The van der Waals surface area contributed by atoms with E-state index in [-0.39, 0.29) is 11.3 Å². The van der Waals surface area contributed by atoms with Crippen molar-refractivity contribution in [2.45, 2.75) is 6.42 Å². The van der Waals surface area contributed by atoms with Gasteiger partial charge in [-0.2, -0.15) is 0 Å². The molecule has 17 heavy (non-hydrogen) atoms. The minimum atomic E-state index is -1.04. The Kier molecular flexibility index (Phi) is 4.71. The van der Waals surface area contributed by atoms with E-state index in [0.29, 0.717) is 19.0 Å². The SMILES string of the molecule is COCCCN(C)c1nccc(C(=O)O)c1N. The van der Waals surface area contributed by atoms with Crippen LogP contribution in [0.1, 0.15) is 16.8 Å². The molecule has 0 aliphatic heterocycles. The van der Waals surface area contributed by atoms with Gasteiger partial charge in [-0.25, -0.2) is 9.78 Å². The zero-order valence-corrected chi connectivity index (χ0v) is 10.0. The number of nitrogens with zero attached hydrogens (tertiary/aromatic N) is 2. The first kappa shape index (κ1) is 13.2. The van der Waals surface area contributed by atoms with Gasteiger partial charge in [0.15, 0.2) is 5.82 Å². The molecule has 0 saturated carbocycles. The summed E-state index contributed by atoms with van der Waals surface area (Å²) in [4.78, 5) is 16.8. The van der Waals surface area contributed by atoms with Gasteiger partial charge in [-0.3, -0.25) is 0 Å². The molecule has 0 radical (unpaired) electrons. The molecule has 1 rings (SSSR count). The van der Waals surface area contributed by atoms with Crippen LogP contribution in [0.2, 0.25) is 0 Å². The quantitative estimate of drug-likeness (QED) is 0.715. The number of aromatic nitrogens is 1. The number of carboxylic acids is 1. The molecule has 0 aliphatic rings. The lowest BCUT2D eigenvalue weighted by molar-refractivity contribution is 0.0698. The Morgan fingerprint density at radius 3 is 2.94 bits per heavy atom. The van der Waals surface area contributed by atoms with Crippen LogP contribution in [0.15, 0.2) is 12.3 Å². The maximum Gasteiger partial charge on any atom is 0.337 e. The van der Waals surface area contributed by atoms with Crippen molar-refractivity contribution >= 4 is 17.5 Å². The van der Waals surface area contributed by atoms with E-state index < -0.39 is 5.97 Å². The number of pyridine rings is 1. The molecule has 0 bridgehead atoms. The second-order valence-electron chi connectivity index (χ2n) is 3.67. The summed E-state index contributed by atoms with van der Waals surface area (Å²) in [7, 11) is 3.46. The van der Waals surface area contributed by atoms with Gasteiger partial charge in [0.2, 0.25) is 0 Å². The highest BCUT2D eigenvalue weighted by atomic mass is 16.5. The molecule has 1 aromatic rings. The maximum absolute atomic E-state index is 10.9. The standard InChI is InChI=1S/C11H17N3O3/c1-14(6-3-7-17-2)10-9(12)8(11(15)16)4-5-13-10/h4-5H,3,6-7,12H2,1-2H3,(H,15,16). The number of anilines is 2. The first-order valence-electron chi connectivity index (χ1n) is 5.25. The summed E-state index contributed by atoms with van der Waals surface area (Å²) in [6.45, 7) is 1.34. The molecule has 0 amide bonds. The van der Waals surface area contributed by atoms with Crippen LogP contribution in [0.5, 0.6) is 0 Å². The van der Waals surface area contributed by atoms with E-state index in [4.69, 9.17) is 15.6 Å². The lowest BCUT2D eigenvalue weighted by atomic mass is 10.2. The Hall–Kier alpha value is -1.82. The first-order valence-corrected chi connectivity index (χ1v) is 5.25. The fourth-order valence-corrected chi connectivity index (χ4v) is 1.50. The Morgan fingerprint density at radius 1 is 1.65 bits per heavy atom. The van der Waals surface area contributed by atoms with Crippen molar-refractivity contribution in [3.05, 3.63) is 17.8 Å². The number of nitrogen functional groups attached to an aromatic ring is 1. The molecule has 0 aliphatic carbocycles. The number of carbonyl (C=O) groups is 1. The smallest absolute Gasteiger partial charge is 0.337 e. The van der Waals surface area contributed by atoms with E-state index in [0.717, 1.165) is 6.42 Å². The molecule has 3 N–H and O–H groups in total. The van der Waals surface area contributed by atoms with Gasteiger partial charge in [-0.1, -0.05) is 0 Å². The lowest BCUT2D eigenvalue weighted by Crippen LogP contribution is -2.23. The number of hydrogen-bond acceptors (Lipinski definition) is 5. The monoisotopic (exact) mass is 239 g/mol. The third-order valence-corrected chi connectivity index (χ3v) is 2.40. The normalized spacial score (nSPS) is 10.2. The number of carboxylic acid groups (broad SMARTS) is 1. The minimum Gasteiger partial charge on any atom is -0.478 e. The van der Waals surface area contributed by atoms with E-state index in [1.807, 2.05) is 11.9 Å². The van der Waals surface area contributed by atoms with E-state index in [1.54, 1.807) is 7.11 Å². The third-order valence-electron chi connectivity index (χ3n) is 2.40. The summed E-state index contributed by atoms with van der Waals surface area (Å²) in [5.74, 6) is -0.558. The van der Waals surface area contributed by atoms with E-state index in [2.05, 4.69) is 4.98 Å². The van der Waals surface area contributed by atoms with Gasteiger partial charge in [0.25, 0.3) is 0 Å². The fraction of sp³-hybridized carbons (Fsp3) is 0.455. The highest BCUT2D eigenvalue weighted by Crippen LogP contribution is 2.22. The summed E-state index contributed by atoms with van der Waals surface area (Å²) in [6, 6.07) is 1.39. The highest BCUT2D eigenvalue weighted by Gasteiger charge is 2.14. The second kappa shape index (κ2) is 6.05. The van der Waals surface area contributed by atoms with Gasteiger partial charge in [-0.05, 0) is 12.5 Å². The van der Waals surface area contributed by atoms with Crippen LogP contribution < -0.4 is 10.6 Å². The van der Waals surface area contributed by atoms with Crippen molar-refractivity contribution in [2.24, 2.45) is 0 Å². The van der Waals surface area contributed by atoms with Crippen molar-refractivity contribution < 1.29 is 14.6 Å². The number of nitrogens with two attached hydrogens (primary N) is 1. The van der Waals surface area contributed by atoms with Crippen LogP contribution in [0.4, 0.5) is 11.5 Å². The average molecular weight is 239 g/mol. The van der Waals surface area contributed by atoms with Crippen molar-refractivity contribution in [3.63, 3.8) is 0 Å². The van der Waals surface area contributed by atoms with Gasteiger partial charge in [0.1, 0.15) is 0 Å². The minimum absolute atomic E-state index is 0.0774. The summed E-state index contributed by atoms with van der Waals surface area (Å²) in [6.07, 6.45) is 2.27. The van der Waals surface area contributed by atoms with Crippen LogP contribution in [0, 0.1) is 0 Å². The molecule has 94 valence electrons. The number of ether oxygens (including phenoxy) is 1. The molecule has 0 saturated heterocycles. The summed E-state index contributed by atoms with van der Waals surface area (Å²) in [5, 5.41) is 8.94. The van der Waals surface area contributed by atoms with Crippen LogP contribution in [-0.2, 0) is 4.74 Å². The zero-order chi connectivity index (χ0) is 12.8. The predicted octanol–water partition coefficient (Wildman–Crippen LogP) is 0.835. The summed E-state index contributed by atoms with van der Waals surface area (Å²) in [5.41, 5.74) is 6.04.